The highest BCUT2D eigenvalue weighted by Crippen LogP contribution is 2.32. The van der Waals surface area contributed by atoms with E-state index in [1.807, 2.05) is 16.7 Å². The van der Waals surface area contributed by atoms with Crippen LogP contribution in [0.3, 0.4) is 0 Å². The first-order valence-corrected chi connectivity index (χ1v) is 9.29. The number of hydrogen-bond acceptors (Lipinski definition) is 4. The standard InChI is InChI=1S/C18H28N4OS/c1-7-9-10-11-20-12-21(16-14(3)15(8-2)19-24-16)17(23)22(13-20)18(4,5)6/h7-8,11-13H2,1-6H3. The molecule has 0 radical (unpaired) electrons. The van der Waals surface area contributed by atoms with E-state index >= 15 is 0 Å². The zero-order valence-corrected chi connectivity index (χ0v) is 16.5. The zero-order valence-electron chi connectivity index (χ0n) is 15.6. The van der Waals surface area contributed by atoms with Crippen molar-refractivity contribution < 1.29 is 4.79 Å². The van der Waals surface area contributed by atoms with E-state index in [0.717, 1.165) is 29.1 Å². The van der Waals surface area contributed by atoms with Crippen LogP contribution in [0.5, 0.6) is 0 Å². The molecule has 5 nitrogen and oxygen atoms in total. The molecule has 2 heterocycles. The molecule has 6 heteroatoms. The second-order valence-electron chi connectivity index (χ2n) is 7.04. The molecular weight excluding hydrogens is 320 g/mol. The van der Waals surface area contributed by atoms with Gasteiger partial charge < -0.3 is 4.90 Å². The maximum absolute atomic E-state index is 13.1. The Bertz CT molecular complexity index is 650. The summed E-state index contributed by atoms with van der Waals surface area (Å²) < 4.78 is 4.51. The minimum Gasteiger partial charge on any atom is -0.306 e. The van der Waals surface area contributed by atoms with Gasteiger partial charge >= 0.3 is 6.03 Å². The van der Waals surface area contributed by atoms with Crippen LogP contribution in [0.15, 0.2) is 0 Å². The number of anilines is 1. The van der Waals surface area contributed by atoms with Crippen molar-refractivity contribution in [1.29, 1.82) is 0 Å². The van der Waals surface area contributed by atoms with Crippen molar-refractivity contribution in [3.05, 3.63) is 11.3 Å². The third kappa shape index (κ3) is 3.90. The first kappa shape index (κ1) is 18.8. The van der Waals surface area contributed by atoms with Gasteiger partial charge in [0.2, 0.25) is 0 Å². The number of hydrogen-bond donors (Lipinski definition) is 0. The minimum atomic E-state index is -0.238. The molecule has 1 aromatic heterocycles. The lowest BCUT2D eigenvalue weighted by atomic mass is 10.1. The Labute approximate surface area is 149 Å². The highest BCUT2D eigenvalue weighted by molar-refractivity contribution is 7.10. The van der Waals surface area contributed by atoms with Gasteiger partial charge in [-0.05, 0) is 45.6 Å². The summed E-state index contributed by atoms with van der Waals surface area (Å²) in [5, 5.41) is 0.958. The Morgan fingerprint density at radius 3 is 2.46 bits per heavy atom. The van der Waals surface area contributed by atoms with E-state index < -0.39 is 0 Å². The second-order valence-corrected chi connectivity index (χ2v) is 7.79. The largest absolute Gasteiger partial charge is 0.327 e. The van der Waals surface area contributed by atoms with Crippen LogP contribution in [0.2, 0.25) is 0 Å². The number of aromatic nitrogens is 1. The molecule has 132 valence electrons. The summed E-state index contributed by atoms with van der Waals surface area (Å²) in [7, 11) is 0. The van der Waals surface area contributed by atoms with E-state index in [4.69, 9.17) is 0 Å². The number of nitrogens with zero attached hydrogens (tertiary/aromatic N) is 4. The van der Waals surface area contributed by atoms with Crippen molar-refractivity contribution in [1.82, 2.24) is 14.2 Å². The van der Waals surface area contributed by atoms with Gasteiger partial charge in [0.1, 0.15) is 5.00 Å². The molecule has 0 bridgehead atoms. The third-order valence-electron chi connectivity index (χ3n) is 4.13. The third-order valence-corrected chi connectivity index (χ3v) is 5.15. The molecule has 0 aliphatic carbocycles. The topological polar surface area (TPSA) is 39.7 Å². The van der Waals surface area contributed by atoms with E-state index in [1.165, 1.54) is 11.5 Å². The summed E-state index contributed by atoms with van der Waals surface area (Å²) >= 11 is 1.42. The summed E-state index contributed by atoms with van der Waals surface area (Å²) in [6.07, 6.45) is 1.74. The highest BCUT2D eigenvalue weighted by Gasteiger charge is 2.38. The van der Waals surface area contributed by atoms with Gasteiger partial charge in [0.05, 0.1) is 25.6 Å². The molecule has 1 aliphatic heterocycles. The monoisotopic (exact) mass is 348 g/mol. The van der Waals surface area contributed by atoms with Gasteiger partial charge in [0.25, 0.3) is 0 Å². The quantitative estimate of drug-likeness (QED) is 0.782. The molecule has 24 heavy (non-hydrogen) atoms. The Morgan fingerprint density at radius 2 is 1.92 bits per heavy atom. The number of aryl methyl sites for hydroxylation is 1. The van der Waals surface area contributed by atoms with Gasteiger partial charge in [-0.3, -0.25) is 9.80 Å². The van der Waals surface area contributed by atoms with Crippen LogP contribution in [-0.2, 0) is 6.42 Å². The summed E-state index contributed by atoms with van der Waals surface area (Å²) in [6.45, 7) is 14.3. The van der Waals surface area contributed by atoms with E-state index in [9.17, 15) is 4.79 Å². The maximum Gasteiger partial charge on any atom is 0.327 e. The SMILES string of the molecule is CCC#CCN1CN(c2snc(CC)c2C)C(=O)N(C(C)(C)C)C1. The smallest absolute Gasteiger partial charge is 0.306 e. The van der Waals surface area contributed by atoms with Crippen LogP contribution in [-0.4, -0.2) is 45.6 Å². The number of carbonyl (C=O) groups is 1. The molecule has 2 rings (SSSR count). The minimum absolute atomic E-state index is 0.0524. The van der Waals surface area contributed by atoms with E-state index in [2.05, 4.69) is 55.7 Å². The fourth-order valence-electron chi connectivity index (χ4n) is 2.69. The lowest BCUT2D eigenvalue weighted by Gasteiger charge is -2.46. The number of amides is 2. The molecule has 1 saturated heterocycles. The van der Waals surface area contributed by atoms with Gasteiger partial charge in [0, 0.05) is 17.5 Å². The van der Waals surface area contributed by atoms with Crippen LogP contribution in [0, 0.1) is 18.8 Å². The molecule has 2 amide bonds. The van der Waals surface area contributed by atoms with Crippen molar-refractivity contribution in [3.63, 3.8) is 0 Å². The summed E-state index contributed by atoms with van der Waals surface area (Å²) in [4.78, 5) is 19.0. The van der Waals surface area contributed by atoms with E-state index in [0.29, 0.717) is 19.9 Å². The van der Waals surface area contributed by atoms with Crippen LogP contribution >= 0.6 is 11.5 Å². The van der Waals surface area contributed by atoms with Crippen LogP contribution < -0.4 is 4.90 Å². The summed E-state index contributed by atoms with van der Waals surface area (Å²) in [6, 6.07) is 0.0524. The fraction of sp³-hybridized carbons (Fsp3) is 0.667. The molecule has 1 aliphatic rings. The van der Waals surface area contributed by atoms with Crippen LogP contribution in [0.1, 0.15) is 52.3 Å². The number of urea groups is 1. The molecular formula is C18H28N4OS. The average Bonchev–Trinajstić information content (AvgIpc) is 2.88. The molecule has 0 N–H and O–H groups in total. The Hall–Kier alpha value is -1.58. The van der Waals surface area contributed by atoms with Gasteiger partial charge in [-0.1, -0.05) is 19.8 Å². The highest BCUT2D eigenvalue weighted by atomic mass is 32.1. The van der Waals surface area contributed by atoms with Gasteiger partial charge in [-0.2, -0.15) is 4.37 Å². The normalized spacial score (nSPS) is 16.3. The van der Waals surface area contributed by atoms with Crippen molar-refractivity contribution in [2.24, 2.45) is 0 Å². The van der Waals surface area contributed by atoms with Gasteiger partial charge in [-0.25, -0.2) is 4.79 Å². The number of rotatable bonds is 3. The predicted octanol–water partition coefficient (Wildman–Crippen LogP) is 3.68. The van der Waals surface area contributed by atoms with Crippen molar-refractivity contribution >= 4 is 22.6 Å². The molecule has 0 atom stereocenters. The average molecular weight is 349 g/mol. The van der Waals surface area contributed by atoms with Crippen LogP contribution in [0.25, 0.3) is 0 Å². The zero-order chi connectivity index (χ0) is 17.9. The molecule has 0 spiro atoms. The van der Waals surface area contributed by atoms with E-state index in [-0.39, 0.29) is 11.6 Å². The van der Waals surface area contributed by atoms with Crippen molar-refractivity contribution in [3.8, 4) is 11.8 Å². The molecule has 0 saturated carbocycles. The molecule has 1 fully saturated rings. The van der Waals surface area contributed by atoms with Crippen molar-refractivity contribution in [2.75, 3.05) is 24.8 Å². The molecule has 1 aromatic rings. The summed E-state index contributed by atoms with van der Waals surface area (Å²) in [5.74, 6) is 6.31. The first-order chi connectivity index (χ1) is 11.3. The lowest BCUT2D eigenvalue weighted by Crippen LogP contribution is -2.63. The summed E-state index contributed by atoms with van der Waals surface area (Å²) in [5.41, 5.74) is 1.96. The fourth-order valence-corrected chi connectivity index (χ4v) is 3.65. The molecule has 0 aromatic carbocycles. The Morgan fingerprint density at radius 1 is 1.21 bits per heavy atom. The second kappa shape index (κ2) is 7.54. The lowest BCUT2D eigenvalue weighted by molar-refractivity contribution is 0.0707. The van der Waals surface area contributed by atoms with Crippen molar-refractivity contribution in [2.45, 2.75) is 59.9 Å². The van der Waals surface area contributed by atoms with Gasteiger partial charge in [-0.15, -0.1) is 5.92 Å². The van der Waals surface area contributed by atoms with Crippen LogP contribution in [0.4, 0.5) is 9.80 Å². The number of carbonyl (C=O) groups excluding carboxylic acids is 1. The molecule has 0 unspecified atom stereocenters. The van der Waals surface area contributed by atoms with E-state index in [1.54, 1.807) is 0 Å². The Kier molecular flexibility index (Phi) is 5.89. The van der Waals surface area contributed by atoms with Gasteiger partial charge in [0.15, 0.2) is 0 Å². The maximum atomic E-state index is 13.1. The Balaban J connectivity index is 2.33. The first-order valence-electron chi connectivity index (χ1n) is 8.51. The predicted molar refractivity (Wildman–Crippen MR) is 100 cm³/mol.